The molecule has 4 N–H and O–H groups in total. The Morgan fingerprint density at radius 1 is 0.440 bits per heavy atom. The predicted octanol–water partition coefficient (Wildman–Crippen LogP) is -4.26. The van der Waals surface area contributed by atoms with Crippen molar-refractivity contribution in [2.45, 2.75) is 0 Å². The molecule has 0 rings (SSSR count). The van der Waals surface area contributed by atoms with Crippen molar-refractivity contribution >= 4 is 41.6 Å². The summed E-state index contributed by atoms with van der Waals surface area (Å²) in [6.07, 6.45) is 0. The second-order valence-electron chi connectivity index (χ2n) is 1.93. The summed E-state index contributed by atoms with van der Waals surface area (Å²) in [5.74, 6) is 0. The van der Waals surface area contributed by atoms with Gasteiger partial charge in [0.2, 0.25) is 41.6 Å². The fourth-order valence-electron chi connectivity index (χ4n) is 0. The molecule has 0 saturated heterocycles. The molecule has 25 heteroatoms. The van der Waals surface area contributed by atoms with E-state index in [1.165, 1.54) is 0 Å². The van der Waals surface area contributed by atoms with Gasteiger partial charge in [-0.3, -0.25) is 0 Å². The van der Waals surface area contributed by atoms with Crippen LogP contribution in [-0.4, -0.2) is 72.9 Å². The van der Waals surface area contributed by atoms with Gasteiger partial charge >= 0.3 is 41.7 Å². The maximum Gasteiger partial charge on any atom is 4.00 e. The number of hydrogen-bond acceptors (Lipinski definition) is 20. The zero-order chi connectivity index (χ0) is 20.8. The Morgan fingerprint density at radius 2 is 0.480 bits per heavy atom. The SMILES string of the molecule is O=S(=O)([O-])OO.O=S(=O)([O-])OO.O=S(=O)([O-])OO.O=S(=O)([O-])OO.[Ce+4]. The Kier molecular flexibility index (Phi) is 24.6. The Hall–Kier alpha value is 0.697. The molecule has 0 unspecified atom stereocenters. The third-order valence-corrected chi connectivity index (χ3v) is 1.10. The van der Waals surface area contributed by atoms with E-state index in [1.54, 1.807) is 0 Å². The largest absolute Gasteiger partial charge is 4.00 e. The summed E-state index contributed by atoms with van der Waals surface area (Å²) in [6.45, 7) is 0. The van der Waals surface area contributed by atoms with Crippen LogP contribution in [0.4, 0.5) is 0 Å². The zero-order valence-electron chi connectivity index (χ0n) is 10.5. The predicted molar refractivity (Wildman–Crippen MR) is 53.6 cm³/mol. The summed E-state index contributed by atoms with van der Waals surface area (Å²) in [5, 5.41) is 28.0. The fourth-order valence-corrected chi connectivity index (χ4v) is 0. The van der Waals surface area contributed by atoms with Crippen LogP contribution in [0.2, 0.25) is 0 Å². The molecule has 0 fully saturated rings. The van der Waals surface area contributed by atoms with Crippen LogP contribution in [0.5, 0.6) is 0 Å². The molecule has 20 nitrogen and oxygen atoms in total. The minimum atomic E-state index is -4.86. The molecule has 0 aliphatic rings. The van der Waals surface area contributed by atoms with E-state index in [1.807, 2.05) is 0 Å². The molecule has 0 bridgehead atoms. The Morgan fingerprint density at radius 3 is 0.480 bits per heavy atom. The standard InChI is InChI=1S/Ce.4H2O5S/c;4*1-5-6(2,3)4/h;4*1H,(H,2,3,4)/q+4;;;;/p-4. The molecule has 0 aromatic rings. The van der Waals surface area contributed by atoms with Crippen LogP contribution in [0, 0.1) is 41.7 Å². The first-order valence-electron chi connectivity index (χ1n) is 3.40. The maximum atomic E-state index is 8.97. The zero-order valence-corrected chi connectivity index (χ0v) is 16.9. The van der Waals surface area contributed by atoms with E-state index in [2.05, 4.69) is 17.3 Å². The molecule has 0 spiro atoms. The first kappa shape index (κ1) is 36.6. The third-order valence-electron chi connectivity index (χ3n) is 0.365. The Balaban J connectivity index is -0.0000000702. The molecular formula is H4CeO20S4. The normalized spacial score (nSPS) is 11.2. The van der Waals surface area contributed by atoms with Crippen LogP contribution in [0.15, 0.2) is 0 Å². The van der Waals surface area contributed by atoms with Gasteiger partial charge in [0.1, 0.15) is 0 Å². The minimum absolute atomic E-state index is 0. The molecule has 0 amide bonds. The summed E-state index contributed by atoms with van der Waals surface area (Å²) in [6, 6.07) is 0. The second-order valence-corrected chi connectivity index (χ2v) is 5.79. The molecule has 0 radical (unpaired) electrons. The van der Waals surface area contributed by atoms with E-state index in [4.69, 9.17) is 72.9 Å². The van der Waals surface area contributed by atoms with Gasteiger partial charge in [0.25, 0.3) is 0 Å². The summed E-state index contributed by atoms with van der Waals surface area (Å²) in [4.78, 5) is 0. The van der Waals surface area contributed by atoms with Crippen LogP contribution in [-0.2, 0) is 58.9 Å². The summed E-state index contributed by atoms with van der Waals surface area (Å²) in [7, 11) is -19.4. The van der Waals surface area contributed by atoms with E-state index in [9.17, 15) is 0 Å². The molecule has 0 aliphatic heterocycles. The van der Waals surface area contributed by atoms with Gasteiger partial charge < -0.3 is 18.2 Å². The third kappa shape index (κ3) is 78.9. The Labute approximate surface area is 172 Å². The average molecular weight is 592 g/mol. The van der Waals surface area contributed by atoms with Gasteiger partial charge in [-0.2, -0.15) is 0 Å². The molecular weight excluding hydrogens is 588 g/mol. The molecule has 25 heavy (non-hydrogen) atoms. The van der Waals surface area contributed by atoms with E-state index in [0.717, 1.165) is 0 Å². The number of rotatable bonds is 4. The van der Waals surface area contributed by atoms with E-state index in [0.29, 0.717) is 0 Å². The van der Waals surface area contributed by atoms with Gasteiger partial charge in [0.15, 0.2) is 0 Å². The Bertz CT molecular complexity index is 558. The van der Waals surface area contributed by atoms with Crippen molar-refractivity contribution < 1.29 is 132 Å². The van der Waals surface area contributed by atoms with E-state index < -0.39 is 41.6 Å². The topological polar surface area (TPSA) is 347 Å². The van der Waals surface area contributed by atoms with Crippen molar-refractivity contribution in [3.05, 3.63) is 0 Å². The number of hydrogen-bond donors (Lipinski definition) is 4. The van der Waals surface area contributed by atoms with Crippen LogP contribution in [0.3, 0.4) is 0 Å². The van der Waals surface area contributed by atoms with Gasteiger partial charge in [-0.1, -0.05) is 0 Å². The van der Waals surface area contributed by atoms with Crippen LogP contribution in [0.25, 0.3) is 0 Å². The fraction of sp³-hybridized carbons (Fsp3) is 0. The van der Waals surface area contributed by atoms with Crippen molar-refractivity contribution in [1.82, 2.24) is 0 Å². The van der Waals surface area contributed by atoms with Crippen molar-refractivity contribution in [1.29, 1.82) is 0 Å². The van der Waals surface area contributed by atoms with Crippen LogP contribution < -0.4 is 0 Å². The van der Waals surface area contributed by atoms with Crippen molar-refractivity contribution in [3.63, 3.8) is 0 Å². The van der Waals surface area contributed by atoms with Crippen molar-refractivity contribution in [2.24, 2.45) is 0 Å². The van der Waals surface area contributed by atoms with Crippen LogP contribution >= 0.6 is 0 Å². The first-order chi connectivity index (χ1) is 10.2. The molecule has 0 aromatic heterocycles. The van der Waals surface area contributed by atoms with Crippen molar-refractivity contribution in [2.75, 3.05) is 0 Å². The molecule has 0 heterocycles. The molecule has 0 aromatic carbocycles. The summed E-state index contributed by atoms with van der Waals surface area (Å²) >= 11 is 0. The maximum absolute atomic E-state index is 8.97. The molecule has 0 atom stereocenters. The van der Waals surface area contributed by atoms with Gasteiger partial charge in [0, 0.05) is 0 Å². The monoisotopic (exact) mass is 592 g/mol. The molecule has 152 valence electrons. The van der Waals surface area contributed by atoms with Gasteiger partial charge in [-0.25, -0.2) is 54.7 Å². The minimum Gasteiger partial charge on any atom is -0.724 e. The van der Waals surface area contributed by atoms with Crippen molar-refractivity contribution in [3.8, 4) is 0 Å². The second kappa shape index (κ2) is 16.8. The average Bonchev–Trinajstić information content (AvgIpc) is 2.37. The first-order valence-corrected chi connectivity index (χ1v) is 8.73. The van der Waals surface area contributed by atoms with Gasteiger partial charge in [-0.15, -0.1) is 17.3 Å². The smallest absolute Gasteiger partial charge is 0.724 e. The molecule has 0 saturated carbocycles. The van der Waals surface area contributed by atoms with Gasteiger partial charge in [0.05, 0.1) is 0 Å². The summed E-state index contributed by atoms with van der Waals surface area (Å²) < 4.78 is 117. The van der Waals surface area contributed by atoms with Crippen LogP contribution in [0.1, 0.15) is 0 Å². The molecule has 0 aliphatic carbocycles. The van der Waals surface area contributed by atoms with E-state index >= 15 is 0 Å². The van der Waals surface area contributed by atoms with Gasteiger partial charge in [-0.05, 0) is 0 Å². The van der Waals surface area contributed by atoms with E-state index in [-0.39, 0.29) is 41.7 Å². The summed E-state index contributed by atoms with van der Waals surface area (Å²) in [5.41, 5.74) is 0. The quantitative estimate of drug-likeness (QED) is 0.104.